The number of aliphatic hydroxyl groups excluding tert-OH is 1. The highest BCUT2D eigenvalue weighted by molar-refractivity contribution is 5.46. The lowest BCUT2D eigenvalue weighted by Gasteiger charge is -2.09. The van der Waals surface area contributed by atoms with Crippen LogP contribution in [0, 0.1) is 0 Å². The number of aliphatic imine (C=N–C) groups is 1. The molecule has 0 saturated carbocycles. The third kappa shape index (κ3) is 15.3. The summed E-state index contributed by atoms with van der Waals surface area (Å²) in [7, 11) is 0. The van der Waals surface area contributed by atoms with Crippen LogP contribution in [0.15, 0.2) is 29.3 Å². The fraction of sp³-hybridized carbons (Fsp3) is 0.632. The number of anilines is 1. The molecular formula is C19H40N2O3. The molecule has 0 aromatic heterocycles. The summed E-state index contributed by atoms with van der Waals surface area (Å²) in [5.74, 6) is 0. The molecule has 24 heavy (non-hydrogen) atoms. The monoisotopic (exact) mass is 344 g/mol. The van der Waals surface area contributed by atoms with Gasteiger partial charge in [-0.15, -0.1) is 0 Å². The second-order valence-electron chi connectivity index (χ2n) is 4.31. The lowest BCUT2D eigenvalue weighted by Crippen LogP contribution is -2.14. The van der Waals surface area contributed by atoms with Crippen LogP contribution < -0.4 is 5.73 Å². The normalized spacial score (nSPS) is 10.3. The van der Waals surface area contributed by atoms with Crippen LogP contribution in [-0.4, -0.2) is 30.8 Å². The Morgan fingerprint density at radius 1 is 1.17 bits per heavy atom. The zero-order chi connectivity index (χ0) is 15.9. The summed E-state index contributed by atoms with van der Waals surface area (Å²) in [6, 6.07) is 7.27. The first kappa shape index (κ1) is 30.3. The van der Waals surface area contributed by atoms with Crippen LogP contribution in [0.5, 0.6) is 0 Å². The van der Waals surface area contributed by atoms with Gasteiger partial charge in [0.2, 0.25) is 6.40 Å². The molecule has 0 aliphatic heterocycles. The van der Waals surface area contributed by atoms with Crippen molar-refractivity contribution < 1.29 is 14.9 Å². The predicted molar refractivity (Wildman–Crippen MR) is 107 cm³/mol. The summed E-state index contributed by atoms with van der Waals surface area (Å²) in [4.78, 5) is 13.8. The van der Waals surface area contributed by atoms with Crippen molar-refractivity contribution in [3.63, 3.8) is 0 Å². The van der Waals surface area contributed by atoms with Gasteiger partial charge in [-0.3, -0.25) is 0 Å². The molecule has 1 atom stereocenters. The number of hydrogen-bond donors (Lipinski definition) is 2. The minimum absolute atomic E-state index is 0. The molecule has 1 aromatic carbocycles. The summed E-state index contributed by atoms with van der Waals surface area (Å²) in [5.41, 5.74) is 7.40. The van der Waals surface area contributed by atoms with Crippen molar-refractivity contribution in [2.45, 2.75) is 68.4 Å². The molecule has 0 fully saturated rings. The number of nitrogens with zero attached hydrogens (tertiary/aromatic N) is 1. The number of benzene rings is 1. The van der Waals surface area contributed by atoms with Crippen molar-refractivity contribution >= 4 is 12.1 Å². The quantitative estimate of drug-likeness (QED) is 0.167. The molecule has 0 radical (unpaired) electrons. The fourth-order valence-electron chi connectivity index (χ4n) is 1.48. The maximum Gasteiger partial charge on any atom is 0.215 e. The lowest BCUT2D eigenvalue weighted by molar-refractivity contribution is -0.217. The first-order valence-electron chi connectivity index (χ1n) is 7.51. The molecule has 0 aliphatic rings. The number of rotatable bonds is 9. The van der Waals surface area contributed by atoms with E-state index in [1.807, 2.05) is 38.1 Å². The third-order valence-corrected chi connectivity index (χ3v) is 2.63. The molecule has 0 amide bonds. The van der Waals surface area contributed by atoms with E-state index in [9.17, 15) is 5.11 Å². The van der Waals surface area contributed by atoms with Gasteiger partial charge < -0.3 is 15.7 Å². The molecule has 5 heteroatoms. The summed E-state index contributed by atoms with van der Waals surface area (Å²) in [5, 5.41) is 9.25. The van der Waals surface area contributed by atoms with Crippen molar-refractivity contribution in [1.29, 1.82) is 0 Å². The van der Waals surface area contributed by atoms with Gasteiger partial charge in [0.15, 0.2) is 0 Å². The fourth-order valence-corrected chi connectivity index (χ4v) is 1.48. The topological polar surface area (TPSA) is 77.1 Å². The number of aliphatic hydroxyl groups is 1. The molecule has 1 rings (SSSR count). The van der Waals surface area contributed by atoms with Crippen LogP contribution in [-0.2, 0) is 16.2 Å². The Bertz CT molecular complexity index is 367. The Hall–Kier alpha value is -1.59. The van der Waals surface area contributed by atoms with Gasteiger partial charge in [0.05, 0.1) is 19.3 Å². The molecule has 144 valence electrons. The van der Waals surface area contributed by atoms with Crippen molar-refractivity contribution in [3.8, 4) is 0 Å². The summed E-state index contributed by atoms with van der Waals surface area (Å²) in [6.45, 7) is 6.58. The van der Waals surface area contributed by atoms with Crippen LogP contribution >= 0.6 is 0 Å². The van der Waals surface area contributed by atoms with E-state index in [4.69, 9.17) is 15.5 Å². The van der Waals surface area contributed by atoms with Gasteiger partial charge in [0.25, 0.3) is 0 Å². The standard InChI is InChI=1S/C14H22N2O3.C2H6.3CH4/c1-2-3-8-18-19-11-16-14(10-17)9-12-4-6-13(15)7-5-12;1-2;;;/h4-7,11,14,17H,2-3,8-10,15H2,1H3;1-2H3;3*1H4/t14-;;;;/m0..../s1. The Morgan fingerprint density at radius 2 is 1.75 bits per heavy atom. The van der Waals surface area contributed by atoms with Gasteiger partial charge in [-0.1, -0.05) is 61.6 Å². The maximum atomic E-state index is 9.25. The molecule has 3 N–H and O–H groups in total. The van der Waals surface area contributed by atoms with E-state index in [1.165, 1.54) is 6.40 Å². The molecule has 5 nitrogen and oxygen atoms in total. The Morgan fingerprint density at radius 3 is 2.25 bits per heavy atom. The molecule has 0 unspecified atom stereocenters. The predicted octanol–water partition coefficient (Wildman–Crippen LogP) is 4.88. The second kappa shape index (κ2) is 21.4. The lowest BCUT2D eigenvalue weighted by atomic mass is 10.1. The highest BCUT2D eigenvalue weighted by Gasteiger charge is 2.06. The van der Waals surface area contributed by atoms with E-state index >= 15 is 0 Å². The van der Waals surface area contributed by atoms with Gasteiger partial charge in [0.1, 0.15) is 0 Å². The van der Waals surface area contributed by atoms with Crippen LogP contribution in [0.25, 0.3) is 0 Å². The van der Waals surface area contributed by atoms with Gasteiger partial charge in [0, 0.05) is 5.69 Å². The maximum absolute atomic E-state index is 9.25. The number of unbranched alkanes of at least 4 members (excludes halogenated alkanes) is 1. The summed E-state index contributed by atoms with van der Waals surface area (Å²) in [6.07, 6.45) is 3.87. The van der Waals surface area contributed by atoms with E-state index in [2.05, 4.69) is 11.9 Å². The van der Waals surface area contributed by atoms with E-state index in [1.54, 1.807) is 0 Å². The Labute approximate surface area is 149 Å². The second-order valence-corrected chi connectivity index (χ2v) is 4.31. The average Bonchev–Trinajstić information content (AvgIpc) is 2.53. The van der Waals surface area contributed by atoms with E-state index in [0.717, 1.165) is 24.1 Å². The van der Waals surface area contributed by atoms with E-state index in [0.29, 0.717) is 13.0 Å². The van der Waals surface area contributed by atoms with Crippen LogP contribution in [0.1, 0.15) is 61.5 Å². The molecule has 0 saturated heterocycles. The van der Waals surface area contributed by atoms with E-state index < -0.39 is 0 Å². The first-order chi connectivity index (χ1) is 10.3. The van der Waals surface area contributed by atoms with Crippen molar-refractivity contribution in [2.75, 3.05) is 18.9 Å². The molecular weight excluding hydrogens is 304 g/mol. The zero-order valence-corrected chi connectivity index (χ0v) is 13.3. The largest absolute Gasteiger partial charge is 0.399 e. The molecule has 1 aromatic rings. The van der Waals surface area contributed by atoms with Crippen LogP contribution in [0.3, 0.4) is 0 Å². The smallest absolute Gasteiger partial charge is 0.215 e. The third-order valence-electron chi connectivity index (χ3n) is 2.63. The summed E-state index contributed by atoms with van der Waals surface area (Å²) >= 11 is 0. The highest BCUT2D eigenvalue weighted by Crippen LogP contribution is 2.09. The first-order valence-corrected chi connectivity index (χ1v) is 7.51. The molecule has 0 bridgehead atoms. The summed E-state index contributed by atoms with van der Waals surface area (Å²) < 4.78 is 0. The van der Waals surface area contributed by atoms with Gasteiger partial charge >= 0.3 is 0 Å². The van der Waals surface area contributed by atoms with Crippen molar-refractivity contribution in [2.24, 2.45) is 4.99 Å². The van der Waals surface area contributed by atoms with Gasteiger partial charge in [-0.05, 0) is 30.5 Å². The van der Waals surface area contributed by atoms with Gasteiger partial charge in [-0.2, -0.15) is 4.89 Å². The molecule has 0 heterocycles. The molecule has 0 aliphatic carbocycles. The minimum Gasteiger partial charge on any atom is -0.399 e. The number of nitrogens with two attached hydrogens (primary N) is 1. The average molecular weight is 345 g/mol. The SMILES string of the molecule is C.C.C.CC.CCCCOOC=N[C@H](CO)Cc1ccc(N)cc1. The van der Waals surface area contributed by atoms with Crippen molar-refractivity contribution in [3.05, 3.63) is 29.8 Å². The van der Waals surface area contributed by atoms with E-state index in [-0.39, 0.29) is 34.9 Å². The highest BCUT2D eigenvalue weighted by atomic mass is 17.2. The minimum atomic E-state index is -0.238. The Kier molecular flexibility index (Phi) is 27.0. The van der Waals surface area contributed by atoms with Crippen LogP contribution in [0.4, 0.5) is 5.69 Å². The zero-order valence-electron chi connectivity index (χ0n) is 13.3. The van der Waals surface area contributed by atoms with Gasteiger partial charge in [-0.25, -0.2) is 4.99 Å². The number of hydrogen-bond acceptors (Lipinski definition) is 5. The molecule has 0 spiro atoms. The van der Waals surface area contributed by atoms with Crippen molar-refractivity contribution in [1.82, 2.24) is 0 Å². The number of nitrogen functional groups attached to an aromatic ring is 1. The Balaban J connectivity index is -0.000000385. The van der Waals surface area contributed by atoms with Crippen LogP contribution in [0.2, 0.25) is 0 Å².